The normalized spacial score (nSPS) is 20.7. The number of hydrogen-bond acceptors (Lipinski definition) is 3. The zero-order valence-corrected chi connectivity index (χ0v) is 9.31. The summed E-state index contributed by atoms with van der Waals surface area (Å²) in [5, 5.41) is 15.8. The molecule has 1 heterocycles. The van der Waals surface area contributed by atoms with Gasteiger partial charge in [-0.25, -0.2) is 0 Å². The van der Waals surface area contributed by atoms with Gasteiger partial charge in [-0.3, -0.25) is 0 Å². The highest BCUT2D eigenvalue weighted by Gasteiger charge is 2.31. The lowest BCUT2D eigenvalue weighted by atomic mass is 9.99. The van der Waals surface area contributed by atoms with Gasteiger partial charge < -0.3 is 10.4 Å². The first-order valence-electron chi connectivity index (χ1n) is 5.24. The Morgan fingerprint density at radius 2 is 2.43 bits per heavy atom. The largest absolute Gasteiger partial charge is 0.383 e. The molecule has 3 heteroatoms. The van der Waals surface area contributed by atoms with Crippen LogP contribution >= 0.6 is 11.3 Å². The van der Waals surface area contributed by atoms with Gasteiger partial charge in [0, 0.05) is 17.5 Å². The van der Waals surface area contributed by atoms with Gasteiger partial charge in [-0.05, 0) is 30.7 Å². The van der Waals surface area contributed by atoms with Gasteiger partial charge in [-0.2, -0.15) is 0 Å². The van der Waals surface area contributed by atoms with E-state index in [0.717, 1.165) is 11.3 Å². The van der Waals surface area contributed by atoms with Crippen molar-refractivity contribution < 1.29 is 5.11 Å². The number of nitrogens with one attached hydrogen (secondary N) is 1. The van der Waals surface area contributed by atoms with Crippen LogP contribution in [0.25, 0.3) is 0 Å². The van der Waals surface area contributed by atoms with Crippen molar-refractivity contribution in [1.29, 1.82) is 0 Å². The van der Waals surface area contributed by atoms with Crippen molar-refractivity contribution in [1.82, 2.24) is 5.32 Å². The molecule has 0 aliphatic heterocycles. The molecule has 14 heavy (non-hydrogen) atoms. The molecule has 2 N–H and O–H groups in total. The third-order valence-corrected chi connectivity index (χ3v) is 3.89. The molecular formula is C11H17NOS. The van der Waals surface area contributed by atoms with E-state index in [9.17, 15) is 5.11 Å². The number of hydrogen-bond donors (Lipinski definition) is 2. The van der Waals surface area contributed by atoms with E-state index in [4.69, 9.17) is 0 Å². The van der Waals surface area contributed by atoms with Gasteiger partial charge in [-0.15, -0.1) is 11.3 Å². The van der Waals surface area contributed by atoms with Crippen LogP contribution in [0, 0.1) is 0 Å². The standard InChI is InChI=1S/C11H17NOS/c1-2-11(13,8-12-9-5-6-9)10-4-3-7-14-10/h3-4,7,9,12-13H,2,5-6,8H2,1H3. The van der Waals surface area contributed by atoms with E-state index < -0.39 is 5.60 Å². The van der Waals surface area contributed by atoms with Gasteiger partial charge >= 0.3 is 0 Å². The van der Waals surface area contributed by atoms with Crippen LogP contribution in [0.3, 0.4) is 0 Å². The highest BCUT2D eigenvalue weighted by Crippen LogP contribution is 2.29. The topological polar surface area (TPSA) is 32.3 Å². The molecule has 0 saturated heterocycles. The quantitative estimate of drug-likeness (QED) is 0.781. The first-order valence-corrected chi connectivity index (χ1v) is 6.12. The van der Waals surface area contributed by atoms with E-state index >= 15 is 0 Å². The molecule has 1 atom stereocenters. The average Bonchev–Trinajstić information content (AvgIpc) is 2.87. The van der Waals surface area contributed by atoms with Crippen LogP contribution in [0.2, 0.25) is 0 Å². The summed E-state index contributed by atoms with van der Waals surface area (Å²) in [5.74, 6) is 0. The maximum absolute atomic E-state index is 10.4. The molecule has 0 bridgehead atoms. The predicted molar refractivity (Wildman–Crippen MR) is 59.5 cm³/mol. The fourth-order valence-electron chi connectivity index (χ4n) is 1.53. The predicted octanol–water partition coefficient (Wildman–Crippen LogP) is 2.10. The lowest BCUT2D eigenvalue weighted by molar-refractivity contribution is 0.0360. The Balaban J connectivity index is 2.00. The van der Waals surface area contributed by atoms with Gasteiger partial charge in [0.05, 0.1) is 0 Å². The lowest BCUT2D eigenvalue weighted by Gasteiger charge is -2.26. The first kappa shape index (κ1) is 10.1. The maximum Gasteiger partial charge on any atom is 0.111 e. The van der Waals surface area contributed by atoms with Crippen molar-refractivity contribution in [3.63, 3.8) is 0 Å². The van der Waals surface area contributed by atoms with Gasteiger partial charge in [-0.1, -0.05) is 13.0 Å². The third kappa shape index (κ3) is 2.16. The maximum atomic E-state index is 10.4. The summed E-state index contributed by atoms with van der Waals surface area (Å²) in [6.45, 7) is 2.73. The van der Waals surface area contributed by atoms with E-state index in [1.165, 1.54) is 12.8 Å². The van der Waals surface area contributed by atoms with E-state index in [0.29, 0.717) is 12.6 Å². The second-order valence-electron chi connectivity index (χ2n) is 4.02. The molecule has 0 aromatic carbocycles. The van der Waals surface area contributed by atoms with Crippen LogP contribution in [0.4, 0.5) is 0 Å². The molecule has 1 aliphatic carbocycles. The van der Waals surface area contributed by atoms with Crippen molar-refractivity contribution in [3.8, 4) is 0 Å². The Kier molecular flexibility index (Phi) is 2.91. The van der Waals surface area contributed by atoms with Gasteiger partial charge in [0.1, 0.15) is 5.60 Å². The Morgan fingerprint density at radius 1 is 1.64 bits per heavy atom. The fraction of sp³-hybridized carbons (Fsp3) is 0.636. The summed E-state index contributed by atoms with van der Waals surface area (Å²) < 4.78 is 0. The number of thiophene rings is 1. The van der Waals surface area contributed by atoms with Crippen LogP contribution in [0.15, 0.2) is 17.5 Å². The molecule has 1 aromatic rings. The summed E-state index contributed by atoms with van der Waals surface area (Å²) in [4.78, 5) is 1.08. The highest BCUT2D eigenvalue weighted by atomic mass is 32.1. The van der Waals surface area contributed by atoms with E-state index in [2.05, 4.69) is 5.32 Å². The minimum atomic E-state index is -0.656. The Morgan fingerprint density at radius 3 is 2.93 bits per heavy atom. The lowest BCUT2D eigenvalue weighted by Crippen LogP contribution is -2.37. The van der Waals surface area contributed by atoms with Gasteiger partial charge in [0.15, 0.2) is 0 Å². The van der Waals surface area contributed by atoms with Crippen molar-refractivity contribution in [3.05, 3.63) is 22.4 Å². The molecule has 1 aromatic heterocycles. The summed E-state index contributed by atoms with van der Waals surface area (Å²) in [5.41, 5.74) is -0.656. The zero-order chi connectivity index (χ0) is 10.0. The molecule has 1 fully saturated rings. The number of aliphatic hydroxyl groups is 1. The molecule has 2 nitrogen and oxygen atoms in total. The molecule has 1 unspecified atom stereocenters. The second-order valence-corrected chi connectivity index (χ2v) is 4.97. The molecule has 0 radical (unpaired) electrons. The molecule has 0 amide bonds. The molecule has 1 aliphatic rings. The third-order valence-electron chi connectivity index (χ3n) is 2.83. The molecule has 0 spiro atoms. The van der Waals surface area contributed by atoms with Gasteiger partial charge in [0.2, 0.25) is 0 Å². The van der Waals surface area contributed by atoms with Crippen LogP contribution < -0.4 is 5.32 Å². The van der Waals surface area contributed by atoms with Crippen molar-refractivity contribution in [2.24, 2.45) is 0 Å². The van der Waals surface area contributed by atoms with Crippen molar-refractivity contribution >= 4 is 11.3 Å². The second kappa shape index (κ2) is 4.01. The smallest absolute Gasteiger partial charge is 0.111 e. The SMILES string of the molecule is CCC(O)(CNC1CC1)c1cccs1. The fourth-order valence-corrected chi connectivity index (χ4v) is 2.43. The minimum Gasteiger partial charge on any atom is -0.383 e. The first-order chi connectivity index (χ1) is 6.74. The summed E-state index contributed by atoms with van der Waals surface area (Å²) in [6.07, 6.45) is 3.31. The summed E-state index contributed by atoms with van der Waals surface area (Å²) in [7, 11) is 0. The highest BCUT2D eigenvalue weighted by molar-refractivity contribution is 7.10. The van der Waals surface area contributed by atoms with E-state index in [1.54, 1.807) is 11.3 Å². The van der Waals surface area contributed by atoms with Crippen LogP contribution in [0.5, 0.6) is 0 Å². The Labute approximate surface area is 89.0 Å². The average molecular weight is 211 g/mol. The van der Waals surface area contributed by atoms with E-state index in [-0.39, 0.29) is 0 Å². The molecule has 78 valence electrons. The zero-order valence-electron chi connectivity index (χ0n) is 8.49. The van der Waals surface area contributed by atoms with E-state index in [1.807, 2.05) is 24.4 Å². The molecular weight excluding hydrogens is 194 g/mol. The van der Waals surface area contributed by atoms with Crippen molar-refractivity contribution in [2.45, 2.75) is 37.8 Å². The van der Waals surface area contributed by atoms with Crippen LogP contribution in [-0.4, -0.2) is 17.7 Å². The summed E-state index contributed by atoms with van der Waals surface area (Å²) in [6, 6.07) is 4.67. The summed E-state index contributed by atoms with van der Waals surface area (Å²) >= 11 is 1.64. The van der Waals surface area contributed by atoms with Crippen molar-refractivity contribution in [2.75, 3.05) is 6.54 Å². The monoisotopic (exact) mass is 211 g/mol. The Bertz CT molecular complexity index is 281. The minimum absolute atomic E-state index is 0.656. The van der Waals surface area contributed by atoms with Gasteiger partial charge in [0.25, 0.3) is 0 Å². The molecule has 2 rings (SSSR count). The molecule has 1 saturated carbocycles. The van der Waals surface area contributed by atoms with Crippen LogP contribution in [-0.2, 0) is 5.60 Å². The van der Waals surface area contributed by atoms with Crippen LogP contribution in [0.1, 0.15) is 31.1 Å². The number of rotatable bonds is 5. The Hall–Kier alpha value is -0.380.